The highest BCUT2D eigenvalue weighted by Gasteiger charge is 2.34. The molecule has 0 spiro atoms. The number of hydrogen-bond acceptors (Lipinski definition) is 7. The predicted octanol–water partition coefficient (Wildman–Crippen LogP) is 5.66. The summed E-state index contributed by atoms with van der Waals surface area (Å²) in [6.45, 7) is 4.00. The minimum absolute atomic E-state index is 0.192. The highest BCUT2D eigenvalue weighted by atomic mass is 79.9. The van der Waals surface area contributed by atoms with Crippen molar-refractivity contribution >= 4 is 50.9 Å². The smallest absolute Gasteiger partial charge is 0.338 e. The van der Waals surface area contributed by atoms with Gasteiger partial charge in [-0.25, -0.2) is 9.79 Å². The van der Waals surface area contributed by atoms with Crippen LogP contribution in [0.2, 0.25) is 5.02 Å². The maximum absolute atomic E-state index is 13.8. The first kappa shape index (κ1) is 28.6. The highest BCUT2D eigenvalue weighted by molar-refractivity contribution is 9.10. The molecule has 1 aromatic heterocycles. The molecular formula is C31H23BrClN3O4S. The van der Waals surface area contributed by atoms with E-state index in [2.05, 4.69) is 27.0 Å². The lowest BCUT2D eigenvalue weighted by molar-refractivity contribution is -0.139. The summed E-state index contributed by atoms with van der Waals surface area (Å²) in [6.07, 6.45) is 1.78. The summed E-state index contributed by atoms with van der Waals surface area (Å²) in [5, 5.41) is 9.40. The lowest BCUT2D eigenvalue weighted by Gasteiger charge is -2.25. The van der Waals surface area contributed by atoms with Crippen LogP contribution < -0.4 is 19.6 Å². The number of nitrogens with zero attached hydrogens (tertiary/aromatic N) is 3. The maximum Gasteiger partial charge on any atom is 0.338 e. The highest BCUT2D eigenvalue weighted by Crippen LogP contribution is 2.34. The van der Waals surface area contributed by atoms with Crippen LogP contribution in [0.1, 0.15) is 42.1 Å². The number of esters is 1. The molecule has 0 amide bonds. The van der Waals surface area contributed by atoms with Gasteiger partial charge in [-0.2, -0.15) is 5.26 Å². The monoisotopic (exact) mass is 647 g/mol. The fourth-order valence-electron chi connectivity index (χ4n) is 4.49. The fourth-order valence-corrected chi connectivity index (χ4v) is 6.29. The van der Waals surface area contributed by atoms with Crippen molar-refractivity contribution in [3.63, 3.8) is 0 Å². The number of carbonyl (C=O) groups is 1. The Balaban J connectivity index is 1.51. The quantitative estimate of drug-likeness (QED) is 0.241. The molecule has 0 unspecified atom stereocenters. The molecule has 0 N–H and O–H groups in total. The Hall–Kier alpha value is -3.97. The number of rotatable bonds is 7. The van der Waals surface area contributed by atoms with Crippen LogP contribution in [0, 0.1) is 11.3 Å². The zero-order valence-electron chi connectivity index (χ0n) is 22.1. The zero-order valence-corrected chi connectivity index (χ0v) is 25.2. The van der Waals surface area contributed by atoms with Crippen molar-refractivity contribution < 1.29 is 14.3 Å². The molecule has 5 rings (SSSR count). The van der Waals surface area contributed by atoms with Gasteiger partial charge in [0.05, 0.1) is 38.5 Å². The molecule has 0 fully saturated rings. The first-order valence-electron chi connectivity index (χ1n) is 12.7. The molecule has 0 saturated carbocycles. The van der Waals surface area contributed by atoms with Crippen molar-refractivity contribution in [1.29, 1.82) is 5.26 Å². The van der Waals surface area contributed by atoms with Crippen molar-refractivity contribution in [1.82, 2.24) is 4.57 Å². The standard InChI is InChI=1S/C31H23BrClN3O4S/c1-3-39-30(38)27-18(2)35-31-36(28(27)22-6-4-5-7-24(22)33)29(37)26(41-31)15-21-12-13-25(23(32)14-21)40-17-20-10-8-19(16-34)9-11-20/h4-15,28H,3,17H2,1-2H3/b26-15-/t28-/m1/s1. The average Bonchev–Trinajstić information content (AvgIpc) is 3.26. The van der Waals surface area contributed by atoms with Crippen molar-refractivity contribution in [2.75, 3.05) is 6.61 Å². The number of nitriles is 1. The first-order valence-corrected chi connectivity index (χ1v) is 14.6. The van der Waals surface area contributed by atoms with Gasteiger partial charge in [0.1, 0.15) is 18.4 Å². The molecule has 2 heterocycles. The van der Waals surface area contributed by atoms with Gasteiger partial charge in [0.25, 0.3) is 5.56 Å². The summed E-state index contributed by atoms with van der Waals surface area (Å²) in [5.41, 5.74) is 3.40. The lowest BCUT2D eigenvalue weighted by atomic mass is 9.96. The number of ether oxygens (including phenoxy) is 2. The lowest BCUT2D eigenvalue weighted by Crippen LogP contribution is -2.40. The third-order valence-corrected chi connectivity index (χ3v) is 8.39. The number of fused-ring (bicyclic) bond motifs is 1. The minimum atomic E-state index is -0.772. The van der Waals surface area contributed by atoms with Gasteiger partial charge in [-0.3, -0.25) is 9.36 Å². The summed E-state index contributed by atoms with van der Waals surface area (Å²) < 4.78 is 14.0. The van der Waals surface area contributed by atoms with Crippen LogP contribution in [0.25, 0.3) is 6.08 Å². The van der Waals surface area contributed by atoms with E-state index in [9.17, 15) is 9.59 Å². The molecule has 0 aliphatic carbocycles. The van der Waals surface area contributed by atoms with E-state index in [0.29, 0.717) is 43.5 Å². The Kier molecular flexibility index (Phi) is 8.54. The van der Waals surface area contributed by atoms with Crippen molar-refractivity contribution in [3.8, 4) is 11.8 Å². The van der Waals surface area contributed by atoms with Crippen molar-refractivity contribution in [2.45, 2.75) is 26.5 Å². The molecule has 0 saturated heterocycles. The van der Waals surface area contributed by atoms with Crippen LogP contribution in [0.5, 0.6) is 5.75 Å². The van der Waals surface area contributed by atoms with E-state index >= 15 is 0 Å². The third kappa shape index (κ3) is 5.91. The van der Waals surface area contributed by atoms with Crippen molar-refractivity contribution in [2.24, 2.45) is 4.99 Å². The van der Waals surface area contributed by atoms with Crippen molar-refractivity contribution in [3.05, 3.63) is 129 Å². The van der Waals surface area contributed by atoms with Gasteiger partial charge in [0.2, 0.25) is 0 Å². The summed E-state index contributed by atoms with van der Waals surface area (Å²) in [5.74, 6) is 0.106. The molecule has 7 nitrogen and oxygen atoms in total. The summed E-state index contributed by atoms with van der Waals surface area (Å²) in [4.78, 5) is 31.9. The number of allylic oxidation sites excluding steroid dienone is 1. The second kappa shape index (κ2) is 12.3. The molecule has 3 aromatic carbocycles. The Labute approximate surface area is 253 Å². The van der Waals surface area contributed by atoms with Crippen LogP contribution in [-0.2, 0) is 16.1 Å². The normalized spacial score (nSPS) is 14.7. The van der Waals surface area contributed by atoms with E-state index in [1.807, 2.05) is 36.4 Å². The maximum atomic E-state index is 13.8. The zero-order chi connectivity index (χ0) is 29.1. The molecule has 4 aromatic rings. The molecule has 1 aliphatic heterocycles. The number of halogens is 2. The molecule has 41 heavy (non-hydrogen) atoms. The molecule has 206 valence electrons. The predicted molar refractivity (Wildman–Crippen MR) is 161 cm³/mol. The number of thiazole rings is 1. The van der Waals surface area contributed by atoms with Gasteiger partial charge >= 0.3 is 5.97 Å². The minimum Gasteiger partial charge on any atom is -0.488 e. The van der Waals surface area contributed by atoms with E-state index < -0.39 is 12.0 Å². The van der Waals surface area contributed by atoms with E-state index in [0.717, 1.165) is 15.6 Å². The topological polar surface area (TPSA) is 93.7 Å². The number of carbonyl (C=O) groups excluding carboxylic acids is 1. The average molecular weight is 649 g/mol. The van der Waals surface area contributed by atoms with E-state index in [4.69, 9.17) is 26.3 Å². The van der Waals surface area contributed by atoms with Gasteiger partial charge in [-0.05, 0) is 82.9 Å². The third-order valence-electron chi connectivity index (χ3n) is 6.45. The Morgan fingerprint density at radius 2 is 1.95 bits per heavy atom. The molecule has 0 radical (unpaired) electrons. The second-order valence-electron chi connectivity index (χ2n) is 9.11. The van der Waals surface area contributed by atoms with Gasteiger partial charge < -0.3 is 9.47 Å². The number of benzene rings is 3. The molecule has 0 bridgehead atoms. The molecular weight excluding hydrogens is 626 g/mol. The van der Waals surface area contributed by atoms with Crippen LogP contribution in [0.3, 0.4) is 0 Å². The van der Waals surface area contributed by atoms with Gasteiger partial charge in [0.15, 0.2) is 4.80 Å². The van der Waals surface area contributed by atoms with Crippen LogP contribution in [0.15, 0.2) is 92.3 Å². The van der Waals surface area contributed by atoms with Crippen LogP contribution in [-0.4, -0.2) is 17.1 Å². The summed E-state index contributed by atoms with van der Waals surface area (Å²) in [6, 6.07) is 21.2. The first-order chi connectivity index (χ1) is 19.8. The van der Waals surface area contributed by atoms with Crippen LogP contribution in [0.4, 0.5) is 0 Å². The molecule has 1 aliphatic rings. The van der Waals surface area contributed by atoms with E-state index in [-0.39, 0.29) is 17.7 Å². The van der Waals surface area contributed by atoms with Gasteiger partial charge in [-0.15, -0.1) is 0 Å². The summed E-state index contributed by atoms with van der Waals surface area (Å²) in [7, 11) is 0. The van der Waals surface area contributed by atoms with E-state index in [1.54, 1.807) is 50.3 Å². The van der Waals surface area contributed by atoms with E-state index in [1.165, 1.54) is 15.9 Å². The molecule has 1 atom stereocenters. The largest absolute Gasteiger partial charge is 0.488 e. The van der Waals surface area contributed by atoms with Gasteiger partial charge in [-0.1, -0.05) is 59.3 Å². The Morgan fingerprint density at radius 1 is 1.20 bits per heavy atom. The Morgan fingerprint density at radius 3 is 2.63 bits per heavy atom. The number of aromatic nitrogens is 1. The SMILES string of the molecule is CCOC(=O)C1=C(C)N=c2s/c(=C\c3ccc(OCc4ccc(C#N)cc4)c(Br)c3)c(=O)n2[C@@H]1c1ccccc1Cl. The summed E-state index contributed by atoms with van der Waals surface area (Å²) >= 11 is 11.4. The Bertz CT molecular complexity index is 1910. The number of hydrogen-bond donors (Lipinski definition) is 0. The fraction of sp³-hybridized carbons (Fsp3) is 0.161. The second-order valence-corrected chi connectivity index (χ2v) is 11.4. The van der Waals surface area contributed by atoms with Gasteiger partial charge in [0, 0.05) is 5.02 Å². The molecule has 10 heteroatoms. The van der Waals surface area contributed by atoms with Crippen LogP contribution >= 0.6 is 38.9 Å².